The third kappa shape index (κ3) is 3.52. The topological polar surface area (TPSA) is 71.1 Å². The zero-order valence-electron chi connectivity index (χ0n) is 17.9. The van der Waals surface area contributed by atoms with Crippen molar-refractivity contribution in [2.24, 2.45) is 17.8 Å². The Morgan fingerprint density at radius 2 is 1.45 bits per heavy atom. The van der Waals surface area contributed by atoms with Crippen LogP contribution in [0.25, 0.3) is 0 Å². The van der Waals surface area contributed by atoms with Crippen molar-refractivity contribution in [2.45, 2.75) is 50.2 Å². The van der Waals surface area contributed by atoms with Crippen molar-refractivity contribution in [2.75, 3.05) is 32.8 Å². The molecule has 4 bridgehead atoms. The van der Waals surface area contributed by atoms with Crippen LogP contribution < -0.4 is 14.8 Å². The molecule has 6 aliphatic rings. The largest absolute Gasteiger partial charge is 0.485 e. The van der Waals surface area contributed by atoms with Crippen LogP contribution in [0.15, 0.2) is 24.3 Å². The van der Waals surface area contributed by atoms with Crippen LogP contribution in [0.2, 0.25) is 0 Å². The first-order valence-electron chi connectivity index (χ1n) is 11.8. The SMILES string of the molecule is O=C(NC12CC3CC(CC(C3)C1)C2)N1CCN(C(=O)C2COc3ccccc3O2)CC1. The van der Waals surface area contributed by atoms with Gasteiger partial charge in [0, 0.05) is 31.7 Å². The first-order valence-corrected chi connectivity index (χ1v) is 11.8. The van der Waals surface area contributed by atoms with E-state index >= 15 is 0 Å². The van der Waals surface area contributed by atoms with Gasteiger partial charge in [-0.2, -0.15) is 0 Å². The van der Waals surface area contributed by atoms with Crippen LogP contribution in [0.3, 0.4) is 0 Å². The number of amides is 3. The van der Waals surface area contributed by atoms with Gasteiger partial charge in [0.05, 0.1) is 0 Å². The first kappa shape index (κ1) is 19.3. The molecule has 31 heavy (non-hydrogen) atoms. The predicted molar refractivity (Wildman–Crippen MR) is 114 cm³/mol. The molecule has 4 aliphatic carbocycles. The maximum Gasteiger partial charge on any atom is 0.317 e. The highest BCUT2D eigenvalue weighted by Crippen LogP contribution is 2.55. The summed E-state index contributed by atoms with van der Waals surface area (Å²) < 4.78 is 11.6. The molecule has 2 heterocycles. The van der Waals surface area contributed by atoms with Crippen LogP contribution in [-0.2, 0) is 4.79 Å². The summed E-state index contributed by atoms with van der Waals surface area (Å²) in [6, 6.07) is 7.48. The number of rotatable bonds is 2. The van der Waals surface area contributed by atoms with Crippen molar-refractivity contribution in [1.82, 2.24) is 15.1 Å². The Labute approximate surface area is 183 Å². The van der Waals surface area contributed by atoms with Crippen molar-refractivity contribution in [3.8, 4) is 11.5 Å². The Balaban J connectivity index is 1.03. The van der Waals surface area contributed by atoms with Crippen molar-refractivity contribution in [3.63, 3.8) is 0 Å². The number of para-hydroxylation sites is 2. The number of carbonyl (C=O) groups is 2. The molecule has 0 radical (unpaired) electrons. The molecule has 1 aromatic carbocycles. The summed E-state index contributed by atoms with van der Waals surface area (Å²) in [6.45, 7) is 2.42. The zero-order chi connectivity index (χ0) is 21.0. The van der Waals surface area contributed by atoms with Gasteiger partial charge in [-0.1, -0.05) is 12.1 Å². The summed E-state index contributed by atoms with van der Waals surface area (Å²) in [7, 11) is 0. The van der Waals surface area contributed by atoms with E-state index in [2.05, 4.69) is 5.32 Å². The minimum atomic E-state index is -0.623. The molecule has 0 aromatic heterocycles. The second kappa shape index (κ2) is 7.31. The number of benzene rings is 1. The Morgan fingerprint density at radius 3 is 2.10 bits per heavy atom. The molecular weight excluding hydrogens is 394 g/mol. The molecule has 4 saturated carbocycles. The number of nitrogens with zero attached hydrogens (tertiary/aromatic N) is 2. The van der Waals surface area contributed by atoms with E-state index in [9.17, 15) is 9.59 Å². The van der Waals surface area contributed by atoms with Gasteiger partial charge in [0.15, 0.2) is 11.5 Å². The average Bonchev–Trinajstić information content (AvgIpc) is 2.77. The number of fused-ring (bicyclic) bond motifs is 1. The molecule has 0 spiro atoms. The van der Waals surface area contributed by atoms with Crippen molar-refractivity contribution >= 4 is 11.9 Å². The number of hydrogen-bond donors (Lipinski definition) is 1. The van der Waals surface area contributed by atoms with Gasteiger partial charge in [-0.05, 0) is 68.4 Å². The minimum absolute atomic E-state index is 0.0272. The summed E-state index contributed by atoms with van der Waals surface area (Å²) in [5.41, 5.74) is 0.0272. The van der Waals surface area contributed by atoms with Gasteiger partial charge in [0.1, 0.15) is 6.61 Å². The third-order valence-corrected chi connectivity index (χ3v) is 8.07. The van der Waals surface area contributed by atoms with Crippen LogP contribution in [0.5, 0.6) is 11.5 Å². The molecule has 1 saturated heterocycles. The fourth-order valence-electron chi connectivity index (χ4n) is 7.04. The van der Waals surface area contributed by atoms with Crippen molar-refractivity contribution in [1.29, 1.82) is 0 Å². The second-order valence-electron chi connectivity index (χ2n) is 10.3. The van der Waals surface area contributed by atoms with Crippen LogP contribution in [0.4, 0.5) is 4.79 Å². The first-order chi connectivity index (χ1) is 15.1. The van der Waals surface area contributed by atoms with Crippen LogP contribution in [0.1, 0.15) is 38.5 Å². The standard InChI is InChI=1S/C24H31N3O4/c28-22(21-15-30-19-3-1-2-4-20(19)31-21)26-5-7-27(8-6-26)23(29)25-24-12-16-9-17(13-24)11-18(10-16)14-24/h1-4,16-18,21H,5-15H2,(H,25,29). The summed E-state index contributed by atoms with van der Waals surface area (Å²) in [4.78, 5) is 29.7. The highest BCUT2D eigenvalue weighted by atomic mass is 16.6. The number of urea groups is 1. The molecule has 5 fully saturated rings. The van der Waals surface area contributed by atoms with Crippen LogP contribution in [-0.4, -0.2) is 66.2 Å². The molecule has 1 unspecified atom stereocenters. The number of carbonyl (C=O) groups excluding carboxylic acids is 2. The lowest BCUT2D eigenvalue weighted by molar-refractivity contribution is -0.142. The smallest absolute Gasteiger partial charge is 0.317 e. The molecular formula is C24H31N3O4. The van der Waals surface area contributed by atoms with Crippen LogP contribution in [0, 0.1) is 17.8 Å². The quantitative estimate of drug-likeness (QED) is 0.791. The molecule has 3 amide bonds. The zero-order valence-corrected chi connectivity index (χ0v) is 17.9. The molecule has 1 atom stereocenters. The lowest BCUT2D eigenvalue weighted by atomic mass is 9.53. The molecule has 7 nitrogen and oxygen atoms in total. The van der Waals surface area contributed by atoms with Gasteiger partial charge >= 0.3 is 6.03 Å². The third-order valence-electron chi connectivity index (χ3n) is 8.07. The molecule has 1 aromatic rings. The van der Waals surface area contributed by atoms with E-state index in [-0.39, 0.29) is 24.1 Å². The summed E-state index contributed by atoms with van der Waals surface area (Å²) in [5.74, 6) is 3.66. The number of nitrogens with one attached hydrogen (secondary N) is 1. The number of ether oxygens (including phenoxy) is 2. The number of piperazine rings is 1. The van der Waals surface area contributed by atoms with Gasteiger partial charge in [-0.25, -0.2) is 4.79 Å². The molecule has 2 aliphatic heterocycles. The highest BCUT2D eigenvalue weighted by Gasteiger charge is 2.52. The van der Waals surface area contributed by atoms with Gasteiger partial charge < -0.3 is 24.6 Å². The predicted octanol–water partition coefficient (Wildman–Crippen LogP) is 2.65. The Kier molecular flexibility index (Phi) is 4.54. The Morgan fingerprint density at radius 1 is 0.871 bits per heavy atom. The fourth-order valence-corrected chi connectivity index (χ4v) is 7.04. The monoisotopic (exact) mass is 425 g/mol. The van der Waals surface area contributed by atoms with E-state index in [1.807, 2.05) is 29.2 Å². The van der Waals surface area contributed by atoms with Gasteiger partial charge in [-0.15, -0.1) is 0 Å². The lowest BCUT2D eigenvalue weighted by Crippen LogP contribution is -2.63. The van der Waals surface area contributed by atoms with E-state index in [0.29, 0.717) is 37.7 Å². The summed E-state index contributed by atoms with van der Waals surface area (Å²) in [6.07, 6.45) is 6.95. The maximum absolute atomic E-state index is 13.1. The van der Waals surface area contributed by atoms with Crippen LogP contribution >= 0.6 is 0 Å². The molecule has 7 heteroatoms. The Hall–Kier alpha value is -2.44. The van der Waals surface area contributed by atoms with Gasteiger partial charge in [0.2, 0.25) is 6.10 Å². The van der Waals surface area contributed by atoms with E-state index in [4.69, 9.17) is 9.47 Å². The van der Waals surface area contributed by atoms with Crippen molar-refractivity contribution in [3.05, 3.63) is 24.3 Å². The van der Waals surface area contributed by atoms with Crippen molar-refractivity contribution < 1.29 is 19.1 Å². The van der Waals surface area contributed by atoms with E-state index < -0.39 is 6.10 Å². The highest BCUT2D eigenvalue weighted by molar-refractivity contribution is 5.82. The Bertz CT molecular complexity index is 844. The van der Waals surface area contributed by atoms with E-state index in [1.54, 1.807) is 4.90 Å². The summed E-state index contributed by atoms with van der Waals surface area (Å²) >= 11 is 0. The maximum atomic E-state index is 13.1. The molecule has 166 valence electrons. The second-order valence-corrected chi connectivity index (χ2v) is 10.3. The van der Waals surface area contributed by atoms with Gasteiger partial charge in [0.25, 0.3) is 5.91 Å². The summed E-state index contributed by atoms with van der Waals surface area (Å²) in [5, 5.41) is 3.45. The average molecular weight is 426 g/mol. The van der Waals surface area contributed by atoms with E-state index in [1.165, 1.54) is 19.3 Å². The lowest BCUT2D eigenvalue weighted by Gasteiger charge is -2.57. The molecule has 1 N–H and O–H groups in total. The fraction of sp³-hybridized carbons (Fsp3) is 0.667. The number of hydrogen-bond acceptors (Lipinski definition) is 4. The van der Waals surface area contributed by atoms with Gasteiger partial charge in [-0.3, -0.25) is 4.79 Å². The molecule has 7 rings (SSSR count). The normalized spacial score (nSPS) is 35.7. The minimum Gasteiger partial charge on any atom is -0.485 e. The van der Waals surface area contributed by atoms with E-state index in [0.717, 1.165) is 37.0 Å².